The molecule has 0 bridgehead atoms. The van der Waals surface area contributed by atoms with Crippen molar-refractivity contribution in [2.75, 3.05) is 13.1 Å². The number of nitrogens with two attached hydrogens (primary N) is 1. The van der Waals surface area contributed by atoms with Gasteiger partial charge in [-0.2, -0.15) is 0 Å². The Morgan fingerprint density at radius 1 is 1.05 bits per heavy atom. The predicted molar refractivity (Wildman–Crippen MR) is 147 cm³/mol. The fraction of sp³-hybridized carbons (Fsp3) is 0.333. The van der Waals surface area contributed by atoms with Crippen LogP contribution in [0.1, 0.15) is 50.4 Å². The van der Waals surface area contributed by atoms with Crippen molar-refractivity contribution >= 4 is 6.03 Å². The first-order chi connectivity index (χ1) is 17.9. The Morgan fingerprint density at radius 2 is 1.76 bits per heavy atom. The van der Waals surface area contributed by atoms with E-state index < -0.39 is 0 Å². The molecule has 2 amide bonds. The first-order valence-corrected chi connectivity index (χ1v) is 12.8. The van der Waals surface area contributed by atoms with Gasteiger partial charge in [-0.15, -0.1) is 0 Å². The molecular formula is C30H37N5O2. The van der Waals surface area contributed by atoms with Crippen molar-refractivity contribution in [2.24, 2.45) is 11.1 Å². The van der Waals surface area contributed by atoms with E-state index in [1.807, 2.05) is 53.4 Å². The first-order valence-electron chi connectivity index (χ1n) is 12.8. The molecule has 3 N–H and O–H groups in total. The molecule has 0 saturated heterocycles. The maximum absolute atomic E-state index is 13.6. The number of aromatic nitrogens is 2. The molecular weight excluding hydrogens is 462 g/mol. The van der Waals surface area contributed by atoms with Crippen LogP contribution in [0.3, 0.4) is 0 Å². The molecule has 0 unspecified atom stereocenters. The van der Waals surface area contributed by atoms with Gasteiger partial charge in [0.1, 0.15) is 11.6 Å². The number of rotatable bonds is 10. The van der Waals surface area contributed by atoms with Crippen molar-refractivity contribution in [1.82, 2.24) is 19.8 Å². The molecule has 0 fully saturated rings. The summed E-state index contributed by atoms with van der Waals surface area (Å²) in [6, 6.07) is 23.7. The summed E-state index contributed by atoms with van der Waals surface area (Å²) in [6.45, 7) is 8.43. The van der Waals surface area contributed by atoms with E-state index in [1.54, 1.807) is 6.26 Å². The Kier molecular flexibility index (Phi) is 8.46. The lowest BCUT2D eigenvalue weighted by atomic mass is 9.84. The summed E-state index contributed by atoms with van der Waals surface area (Å²) in [5, 5.41) is 3.04. The third-order valence-corrected chi connectivity index (χ3v) is 6.31. The molecule has 4 rings (SSSR count). The van der Waals surface area contributed by atoms with Crippen LogP contribution in [0.5, 0.6) is 0 Å². The largest absolute Gasteiger partial charge is 0.467 e. The SMILES string of the molecule is CC(C)(C)[C@H](c1nc(-c2ccccc2)cn1Cc1ccccc1)N(CCCN)C(=O)NCc1ccco1. The number of benzene rings is 2. The van der Waals surface area contributed by atoms with Crippen molar-refractivity contribution in [3.05, 3.63) is 102 Å². The third-order valence-electron chi connectivity index (χ3n) is 6.31. The van der Waals surface area contributed by atoms with Gasteiger partial charge < -0.3 is 24.9 Å². The molecule has 4 aromatic rings. The van der Waals surface area contributed by atoms with Gasteiger partial charge in [0.25, 0.3) is 0 Å². The van der Waals surface area contributed by atoms with E-state index in [1.165, 1.54) is 5.56 Å². The summed E-state index contributed by atoms with van der Waals surface area (Å²) in [5.41, 5.74) is 8.69. The normalized spacial score (nSPS) is 12.3. The number of amides is 2. The molecule has 194 valence electrons. The minimum Gasteiger partial charge on any atom is -0.467 e. The number of nitrogens with one attached hydrogen (secondary N) is 1. The van der Waals surface area contributed by atoms with Gasteiger partial charge >= 0.3 is 6.03 Å². The van der Waals surface area contributed by atoms with Crippen molar-refractivity contribution in [3.8, 4) is 11.3 Å². The van der Waals surface area contributed by atoms with Crippen LogP contribution >= 0.6 is 0 Å². The smallest absolute Gasteiger partial charge is 0.318 e. The Bertz CT molecular complexity index is 1240. The highest BCUT2D eigenvalue weighted by atomic mass is 16.3. The number of nitrogens with zero attached hydrogens (tertiary/aromatic N) is 3. The standard InChI is InChI=1S/C30H37N5O2/c1-30(2,3)27(35(18-11-17-31)29(36)32-20-25-16-10-19-37-25)28-33-26(24-14-8-5-9-15-24)22-34(28)21-23-12-6-4-7-13-23/h4-10,12-16,19,22,27H,11,17-18,20-21,31H2,1-3H3,(H,32,36)/t27-/m0/s1. The Balaban J connectivity index is 1.76. The van der Waals surface area contributed by atoms with E-state index in [0.717, 1.165) is 17.1 Å². The van der Waals surface area contributed by atoms with Gasteiger partial charge in [0.05, 0.1) is 24.5 Å². The van der Waals surface area contributed by atoms with Gasteiger partial charge in [0.2, 0.25) is 0 Å². The third kappa shape index (κ3) is 6.68. The Labute approximate surface area is 219 Å². The second-order valence-electron chi connectivity index (χ2n) is 10.3. The van der Waals surface area contributed by atoms with Gasteiger partial charge in [-0.3, -0.25) is 0 Å². The average Bonchev–Trinajstić information content (AvgIpc) is 3.56. The molecule has 0 spiro atoms. The zero-order valence-corrected chi connectivity index (χ0v) is 21.9. The molecule has 2 aromatic heterocycles. The first kappa shape index (κ1) is 26.2. The number of urea groups is 1. The molecule has 7 heteroatoms. The van der Waals surface area contributed by atoms with Crippen LogP contribution in [0.15, 0.2) is 89.7 Å². The molecule has 7 nitrogen and oxygen atoms in total. The lowest BCUT2D eigenvalue weighted by molar-refractivity contribution is 0.107. The van der Waals surface area contributed by atoms with Gasteiger partial charge in [0.15, 0.2) is 0 Å². The quantitative estimate of drug-likeness (QED) is 0.287. The van der Waals surface area contributed by atoms with Crippen LogP contribution in [0, 0.1) is 5.41 Å². The highest BCUT2D eigenvalue weighted by Crippen LogP contribution is 2.39. The topological polar surface area (TPSA) is 89.3 Å². The molecule has 37 heavy (non-hydrogen) atoms. The van der Waals surface area contributed by atoms with E-state index in [2.05, 4.69) is 61.1 Å². The minimum atomic E-state index is -0.301. The molecule has 2 aromatic carbocycles. The monoisotopic (exact) mass is 499 g/mol. The van der Waals surface area contributed by atoms with E-state index >= 15 is 0 Å². The summed E-state index contributed by atoms with van der Waals surface area (Å²) in [6.07, 6.45) is 4.39. The molecule has 0 aliphatic carbocycles. The Hall–Kier alpha value is -3.84. The van der Waals surface area contributed by atoms with Crippen LogP contribution < -0.4 is 11.1 Å². The molecule has 0 aliphatic heterocycles. The number of imidazole rings is 1. The highest BCUT2D eigenvalue weighted by Gasteiger charge is 2.38. The summed E-state index contributed by atoms with van der Waals surface area (Å²) >= 11 is 0. The number of hydrogen-bond donors (Lipinski definition) is 2. The van der Waals surface area contributed by atoms with Gasteiger partial charge in [-0.05, 0) is 36.1 Å². The number of hydrogen-bond acceptors (Lipinski definition) is 4. The average molecular weight is 500 g/mol. The zero-order valence-electron chi connectivity index (χ0n) is 21.9. The maximum atomic E-state index is 13.6. The van der Waals surface area contributed by atoms with Crippen molar-refractivity contribution in [3.63, 3.8) is 0 Å². The van der Waals surface area contributed by atoms with Crippen molar-refractivity contribution < 1.29 is 9.21 Å². The van der Waals surface area contributed by atoms with E-state index in [9.17, 15) is 4.79 Å². The summed E-state index contributed by atoms with van der Waals surface area (Å²) in [7, 11) is 0. The van der Waals surface area contributed by atoms with Crippen LogP contribution in [-0.2, 0) is 13.1 Å². The zero-order chi connectivity index (χ0) is 26.3. The van der Waals surface area contributed by atoms with Gasteiger partial charge in [-0.1, -0.05) is 81.4 Å². The molecule has 0 saturated carbocycles. The summed E-state index contributed by atoms with van der Waals surface area (Å²) in [4.78, 5) is 20.7. The fourth-order valence-corrected chi connectivity index (χ4v) is 4.58. The molecule has 1 atom stereocenters. The van der Waals surface area contributed by atoms with Crippen LogP contribution in [0.25, 0.3) is 11.3 Å². The summed E-state index contributed by atoms with van der Waals surface area (Å²) < 4.78 is 7.61. The summed E-state index contributed by atoms with van der Waals surface area (Å²) in [5.74, 6) is 1.55. The second kappa shape index (κ2) is 11.9. The van der Waals surface area contributed by atoms with Gasteiger partial charge in [-0.25, -0.2) is 9.78 Å². The minimum absolute atomic E-state index is 0.166. The Morgan fingerprint density at radius 3 is 2.38 bits per heavy atom. The number of furan rings is 1. The van der Waals surface area contributed by atoms with E-state index in [-0.39, 0.29) is 17.5 Å². The molecule has 0 radical (unpaired) electrons. The van der Waals surface area contributed by atoms with Crippen LogP contribution in [0.4, 0.5) is 4.79 Å². The maximum Gasteiger partial charge on any atom is 0.318 e. The number of carbonyl (C=O) groups is 1. The predicted octanol–water partition coefficient (Wildman–Crippen LogP) is 5.84. The number of carbonyl (C=O) groups excluding carboxylic acids is 1. The molecule has 2 heterocycles. The van der Waals surface area contributed by atoms with Gasteiger partial charge in [0, 0.05) is 24.8 Å². The lowest BCUT2D eigenvalue weighted by Gasteiger charge is -2.40. The van der Waals surface area contributed by atoms with E-state index in [4.69, 9.17) is 15.1 Å². The van der Waals surface area contributed by atoms with E-state index in [0.29, 0.717) is 38.4 Å². The van der Waals surface area contributed by atoms with Crippen LogP contribution in [0.2, 0.25) is 0 Å². The fourth-order valence-electron chi connectivity index (χ4n) is 4.58. The van der Waals surface area contributed by atoms with Crippen molar-refractivity contribution in [1.29, 1.82) is 0 Å². The lowest BCUT2D eigenvalue weighted by Crippen LogP contribution is -2.47. The molecule has 0 aliphatic rings. The highest BCUT2D eigenvalue weighted by molar-refractivity contribution is 5.74. The second-order valence-corrected chi connectivity index (χ2v) is 10.3. The van der Waals surface area contributed by atoms with Crippen molar-refractivity contribution in [2.45, 2.75) is 46.3 Å². The van der Waals surface area contributed by atoms with Crippen LogP contribution in [-0.4, -0.2) is 33.6 Å².